The molecule has 1 N–H and O–H groups in total. The second-order valence-corrected chi connectivity index (χ2v) is 5.80. The highest BCUT2D eigenvalue weighted by Crippen LogP contribution is 2.30. The van der Waals surface area contributed by atoms with Gasteiger partial charge in [0.25, 0.3) is 0 Å². The number of hydrogen-bond donors (Lipinski definition) is 1. The maximum atomic E-state index is 12.3. The lowest BCUT2D eigenvalue weighted by Gasteiger charge is -2.33. The summed E-state index contributed by atoms with van der Waals surface area (Å²) >= 11 is 0. The summed E-state index contributed by atoms with van der Waals surface area (Å²) in [5, 5.41) is 3.39. The Hall–Kier alpha value is -1.35. The van der Waals surface area contributed by atoms with E-state index in [-0.39, 0.29) is 12.1 Å². The molecule has 3 nitrogen and oxygen atoms in total. The molecule has 1 amide bonds. The maximum Gasteiger partial charge on any atom is 0.238 e. The number of rotatable bonds is 5. The Morgan fingerprint density at radius 3 is 2.75 bits per heavy atom. The number of amides is 1. The lowest BCUT2D eigenvalue weighted by Crippen LogP contribution is -2.39. The van der Waals surface area contributed by atoms with Crippen LogP contribution in [0.3, 0.4) is 0 Å². The molecule has 0 radical (unpaired) electrons. The Balaban J connectivity index is 2.34. The summed E-state index contributed by atoms with van der Waals surface area (Å²) in [7, 11) is 0. The van der Waals surface area contributed by atoms with E-state index in [4.69, 9.17) is 0 Å². The van der Waals surface area contributed by atoms with Crippen LogP contribution in [0.1, 0.15) is 56.0 Å². The normalized spacial score (nSPS) is 20.5. The molecule has 0 aliphatic carbocycles. The number of hydrogen-bond acceptors (Lipinski definition) is 2. The van der Waals surface area contributed by atoms with E-state index in [0.29, 0.717) is 12.6 Å². The Labute approximate surface area is 122 Å². The fraction of sp³-hybridized carbons (Fsp3) is 0.588. The molecular formula is C17H26N2O. The van der Waals surface area contributed by atoms with Gasteiger partial charge in [-0.3, -0.25) is 10.1 Å². The second-order valence-electron chi connectivity index (χ2n) is 5.80. The quantitative estimate of drug-likeness (QED) is 0.893. The van der Waals surface area contributed by atoms with E-state index in [1.807, 2.05) is 0 Å². The fourth-order valence-corrected chi connectivity index (χ4v) is 3.12. The number of nitrogens with zero attached hydrogens (tertiary/aromatic N) is 1. The van der Waals surface area contributed by atoms with E-state index >= 15 is 0 Å². The Bertz CT molecular complexity index is 484. The minimum Gasteiger partial charge on any atom is -0.319 e. The van der Waals surface area contributed by atoms with Crippen LogP contribution in [-0.4, -0.2) is 23.4 Å². The van der Waals surface area contributed by atoms with Crippen molar-refractivity contribution in [3.05, 3.63) is 34.9 Å². The van der Waals surface area contributed by atoms with Crippen molar-refractivity contribution in [1.29, 1.82) is 0 Å². The number of carbonyl (C=O) groups is 1. The molecule has 1 aromatic carbocycles. The zero-order valence-corrected chi connectivity index (χ0v) is 13.1. The van der Waals surface area contributed by atoms with Crippen molar-refractivity contribution in [2.75, 3.05) is 6.54 Å². The lowest BCUT2D eigenvalue weighted by molar-refractivity contribution is -0.130. The molecule has 1 aliphatic rings. The monoisotopic (exact) mass is 274 g/mol. The predicted molar refractivity (Wildman–Crippen MR) is 82.5 cm³/mol. The number of benzene rings is 1. The SMILES string of the molecule is CCCC(CC)N1C(=O)CNC1c1cc(C)ccc1C. The van der Waals surface area contributed by atoms with Crippen molar-refractivity contribution < 1.29 is 4.79 Å². The van der Waals surface area contributed by atoms with Gasteiger partial charge in [0.1, 0.15) is 6.17 Å². The van der Waals surface area contributed by atoms with Crippen LogP contribution < -0.4 is 5.32 Å². The molecule has 20 heavy (non-hydrogen) atoms. The molecule has 0 bridgehead atoms. The highest BCUT2D eigenvalue weighted by molar-refractivity contribution is 5.81. The standard InChI is InChI=1S/C17H26N2O/c1-5-7-14(6-2)19-16(20)11-18-17(19)15-10-12(3)8-9-13(15)4/h8-10,14,17-18H,5-7,11H2,1-4H3. The first-order valence-corrected chi connectivity index (χ1v) is 7.70. The van der Waals surface area contributed by atoms with Gasteiger partial charge in [0, 0.05) is 6.04 Å². The molecule has 2 rings (SSSR count). The summed E-state index contributed by atoms with van der Waals surface area (Å²) in [5.74, 6) is 0.233. The van der Waals surface area contributed by atoms with E-state index in [1.54, 1.807) is 0 Å². The Morgan fingerprint density at radius 2 is 2.10 bits per heavy atom. The smallest absolute Gasteiger partial charge is 0.238 e. The van der Waals surface area contributed by atoms with Gasteiger partial charge in [-0.2, -0.15) is 0 Å². The first-order valence-electron chi connectivity index (χ1n) is 7.70. The summed E-state index contributed by atoms with van der Waals surface area (Å²) in [6, 6.07) is 6.82. The second kappa shape index (κ2) is 6.40. The van der Waals surface area contributed by atoms with E-state index in [0.717, 1.165) is 19.3 Å². The van der Waals surface area contributed by atoms with Crippen LogP contribution in [0, 0.1) is 13.8 Å². The van der Waals surface area contributed by atoms with Crippen molar-refractivity contribution in [3.63, 3.8) is 0 Å². The number of nitrogens with one attached hydrogen (secondary N) is 1. The topological polar surface area (TPSA) is 32.3 Å². The van der Waals surface area contributed by atoms with Gasteiger partial charge in [-0.15, -0.1) is 0 Å². The highest BCUT2D eigenvalue weighted by atomic mass is 16.2. The summed E-state index contributed by atoms with van der Waals surface area (Å²) in [6.45, 7) is 9.04. The zero-order valence-electron chi connectivity index (χ0n) is 13.1. The zero-order chi connectivity index (χ0) is 14.7. The van der Waals surface area contributed by atoms with Gasteiger partial charge >= 0.3 is 0 Å². The molecule has 110 valence electrons. The minimum absolute atomic E-state index is 0.0406. The summed E-state index contributed by atoms with van der Waals surface area (Å²) in [6.07, 6.45) is 3.24. The maximum absolute atomic E-state index is 12.3. The van der Waals surface area contributed by atoms with Gasteiger partial charge in [-0.1, -0.05) is 44.0 Å². The third-order valence-corrected chi connectivity index (χ3v) is 4.23. The first-order chi connectivity index (χ1) is 9.58. The van der Waals surface area contributed by atoms with E-state index in [1.165, 1.54) is 16.7 Å². The molecule has 2 unspecified atom stereocenters. The molecule has 0 saturated carbocycles. The predicted octanol–water partition coefficient (Wildman–Crippen LogP) is 3.31. The van der Waals surface area contributed by atoms with Crippen LogP contribution in [0.15, 0.2) is 18.2 Å². The molecule has 1 heterocycles. The molecular weight excluding hydrogens is 248 g/mol. The summed E-state index contributed by atoms with van der Waals surface area (Å²) in [5.41, 5.74) is 3.74. The molecule has 1 aliphatic heterocycles. The average Bonchev–Trinajstić information content (AvgIpc) is 2.80. The largest absolute Gasteiger partial charge is 0.319 e. The van der Waals surface area contributed by atoms with Crippen LogP contribution in [0.2, 0.25) is 0 Å². The summed E-state index contributed by atoms with van der Waals surface area (Å²) < 4.78 is 0. The molecule has 1 saturated heterocycles. The molecule has 0 spiro atoms. The fourth-order valence-electron chi connectivity index (χ4n) is 3.12. The number of carbonyl (C=O) groups excluding carboxylic acids is 1. The van der Waals surface area contributed by atoms with Crippen LogP contribution in [0.4, 0.5) is 0 Å². The van der Waals surface area contributed by atoms with Crippen molar-refractivity contribution in [3.8, 4) is 0 Å². The molecule has 0 aromatic heterocycles. The molecule has 1 fully saturated rings. The van der Waals surface area contributed by atoms with Crippen molar-refractivity contribution in [2.45, 2.75) is 59.2 Å². The van der Waals surface area contributed by atoms with Crippen LogP contribution in [0.25, 0.3) is 0 Å². The minimum atomic E-state index is 0.0406. The molecule has 2 atom stereocenters. The Morgan fingerprint density at radius 1 is 1.35 bits per heavy atom. The van der Waals surface area contributed by atoms with Crippen LogP contribution in [-0.2, 0) is 4.79 Å². The first kappa shape index (κ1) is 15.0. The van der Waals surface area contributed by atoms with Crippen molar-refractivity contribution in [1.82, 2.24) is 10.2 Å². The van der Waals surface area contributed by atoms with Crippen molar-refractivity contribution in [2.24, 2.45) is 0 Å². The lowest BCUT2D eigenvalue weighted by atomic mass is 10.0. The van der Waals surface area contributed by atoms with Gasteiger partial charge in [0.15, 0.2) is 0 Å². The third kappa shape index (κ3) is 2.88. The highest BCUT2D eigenvalue weighted by Gasteiger charge is 2.36. The van der Waals surface area contributed by atoms with E-state index < -0.39 is 0 Å². The van der Waals surface area contributed by atoms with Gasteiger partial charge in [0.05, 0.1) is 6.54 Å². The van der Waals surface area contributed by atoms with Gasteiger partial charge in [-0.25, -0.2) is 0 Å². The van der Waals surface area contributed by atoms with E-state index in [2.05, 4.69) is 56.1 Å². The van der Waals surface area contributed by atoms with Crippen molar-refractivity contribution >= 4 is 5.91 Å². The average molecular weight is 274 g/mol. The summed E-state index contributed by atoms with van der Waals surface area (Å²) in [4.78, 5) is 14.4. The van der Waals surface area contributed by atoms with Gasteiger partial charge in [0.2, 0.25) is 5.91 Å². The molecule has 1 aromatic rings. The third-order valence-electron chi connectivity index (χ3n) is 4.23. The van der Waals surface area contributed by atoms with Gasteiger partial charge < -0.3 is 4.90 Å². The van der Waals surface area contributed by atoms with E-state index in [9.17, 15) is 4.79 Å². The van der Waals surface area contributed by atoms with Crippen LogP contribution >= 0.6 is 0 Å². The number of aryl methyl sites for hydroxylation is 2. The van der Waals surface area contributed by atoms with Crippen LogP contribution in [0.5, 0.6) is 0 Å². The molecule has 3 heteroatoms. The van der Waals surface area contributed by atoms with Gasteiger partial charge in [-0.05, 0) is 37.8 Å². The Kier molecular flexibility index (Phi) is 4.81.